The molecule has 0 radical (unpaired) electrons. The van der Waals surface area contributed by atoms with E-state index < -0.39 is 0 Å². The normalized spacial score (nSPS) is 11.0. The van der Waals surface area contributed by atoms with Crippen LogP contribution in [0.3, 0.4) is 0 Å². The van der Waals surface area contributed by atoms with Crippen LogP contribution in [0.15, 0.2) is 53.8 Å². The zero-order valence-electron chi connectivity index (χ0n) is 18.7. The predicted octanol–water partition coefficient (Wildman–Crippen LogP) is 3.68. The molecule has 3 aromatic rings. The standard InChI is InChI=1S/C23H30N6O2.HI/c1-17-8-9-20(21(12-17)31-11-5-10-30-3)15-26-23(24-2)25-14-18-6-4-7-19(13-18)22-27-16-28-29-22;/h4,6-9,12-13,16H,5,10-11,14-15H2,1-3H3,(H2,24,25,26)(H,27,28,29);1H. The van der Waals surface area contributed by atoms with Gasteiger partial charge in [0.05, 0.1) is 6.61 Å². The molecule has 9 heteroatoms. The van der Waals surface area contributed by atoms with Crippen LogP contribution < -0.4 is 15.4 Å². The first-order chi connectivity index (χ1) is 15.2. The summed E-state index contributed by atoms with van der Waals surface area (Å²) >= 11 is 0. The number of nitrogens with zero attached hydrogens (tertiary/aromatic N) is 3. The quantitative estimate of drug-likeness (QED) is 0.154. The van der Waals surface area contributed by atoms with E-state index in [1.54, 1.807) is 14.2 Å². The summed E-state index contributed by atoms with van der Waals surface area (Å²) in [6.07, 6.45) is 2.36. The zero-order valence-corrected chi connectivity index (χ0v) is 21.1. The van der Waals surface area contributed by atoms with Crippen molar-refractivity contribution >= 4 is 29.9 Å². The van der Waals surface area contributed by atoms with E-state index in [-0.39, 0.29) is 24.0 Å². The molecule has 0 amide bonds. The lowest BCUT2D eigenvalue weighted by molar-refractivity contribution is 0.171. The van der Waals surface area contributed by atoms with Crippen LogP contribution in [-0.4, -0.2) is 48.5 Å². The lowest BCUT2D eigenvalue weighted by Crippen LogP contribution is -2.36. The third-order valence-electron chi connectivity index (χ3n) is 4.72. The van der Waals surface area contributed by atoms with Crippen LogP contribution in [0, 0.1) is 6.92 Å². The fraction of sp³-hybridized carbons (Fsp3) is 0.348. The van der Waals surface area contributed by atoms with Gasteiger partial charge in [0.1, 0.15) is 12.1 Å². The Bertz CT molecular complexity index is 978. The number of aromatic amines is 1. The average Bonchev–Trinajstić information content (AvgIpc) is 3.33. The Labute approximate surface area is 206 Å². The minimum absolute atomic E-state index is 0. The molecule has 0 aliphatic carbocycles. The summed E-state index contributed by atoms with van der Waals surface area (Å²) in [7, 11) is 3.46. The van der Waals surface area contributed by atoms with Crippen molar-refractivity contribution in [3.63, 3.8) is 0 Å². The van der Waals surface area contributed by atoms with Crippen LogP contribution in [0.2, 0.25) is 0 Å². The van der Waals surface area contributed by atoms with Crippen LogP contribution in [0.5, 0.6) is 5.75 Å². The highest BCUT2D eigenvalue weighted by atomic mass is 127. The number of ether oxygens (including phenoxy) is 2. The third kappa shape index (κ3) is 7.79. The maximum Gasteiger partial charge on any atom is 0.191 e. The van der Waals surface area contributed by atoms with Crippen molar-refractivity contribution in [1.82, 2.24) is 25.8 Å². The number of aromatic nitrogens is 3. The second-order valence-corrected chi connectivity index (χ2v) is 7.12. The Morgan fingerprint density at radius 3 is 2.69 bits per heavy atom. The van der Waals surface area contributed by atoms with Crippen molar-refractivity contribution in [3.8, 4) is 17.1 Å². The van der Waals surface area contributed by atoms with Gasteiger partial charge in [-0.05, 0) is 30.2 Å². The first kappa shape index (κ1) is 25.6. The number of aliphatic imine (C=N–C) groups is 1. The Balaban J connectivity index is 0.00000363. The van der Waals surface area contributed by atoms with Gasteiger partial charge in [0.2, 0.25) is 0 Å². The topological polar surface area (TPSA) is 96.5 Å². The highest BCUT2D eigenvalue weighted by Crippen LogP contribution is 2.20. The SMILES string of the molecule is CN=C(NCc1cccc(-c2ncn[nH]2)c1)NCc1ccc(C)cc1OCCCOC.I. The molecule has 1 heterocycles. The maximum atomic E-state index is 5.97. The summed E-state index contributed by atoms with van der Waals surface area (Å²) in [5.74, 6) is 2.36. The monoisotopic (exact) mass is 550 g/mol. The van der Waals surface area contributed by atoms with Crippen molar-refractivity contribution in [1.29, 1.82) is 0 Å². The Morgan fingerprint density at radius 2 is 1.94 bits per heavy atom. The summed E-state index contributed by atoms with van der Waals surface area (Å²) in [6.45, 7) is 4.62. The minimum Gasteiger partial charge on any atom is -0.493 e. The molecule has 3 rings (SSSR count). The molecule has 0 bridgehead atoms. The summed E-state index contributed by atoms with van der Waals surface area (Å²) in [4.78, 5) is 8.54. The molecule has 0 saturated heterocycles. The maximum absolute atomic E-state index is 5.97. The molecule has 1 aromatic heterocycles. The molecule has 0 saturated carbocycles. The van der Waals surface area contributed by atoms with Gasteiger partial charge >= 0.3 is 0 Å². The predicted molar refractivity (Wildman–Crippen MR) is 137 cm³/mol. The molecule has 32 heavy (non-hydrogen) atoms. The molecule has 0 atom stereocenters. The highest BCUT2D eigenvalue weighted by molar-refractivity contribution is 14.0. The molecule has 0 fully saturated rings. The Kier molecular flexibility index (Phi) is 10.9. The number of guanidine groups is 1. The van der Waals surface area contributed by atoms with E-state index in [0.717, 1.165) is 40.6 Å². The number of hydrogen-bond donors (Lipinski definition) is 3. The van der Waals surface area contributed by atoms with E-state index in [1.807, 2.05) is 12.1 Å². The lowest BCUT2D eigenvalue weighted by Gasteiger charge is -2.16. The van der Waals surface area contributed by atoms with Gasteiger partial charge < -0.3 is 20.1 Å². The number of halogens is 1. The first-order valence-corrected chi connectivity index (χ1v) is 10.3. The van der Waals surface area contributed by atoms with Crippen LogP contribution in [0.4, 0.5) is 0 Å². The number of benzene rings is 2. The van der Waals surface area contributed by atoms with Crippen LogP contribution in [0.25, 0.3) is 11.4 Å². The van der Waals surface area contributed by atoms with Crippen LogP contribution in [-0.2, 0) is 17.8 Å². The number of hydrogen-bond acceptors (Lipinski definition) is 5. The first-order valence-electron chi connectivity index (χ1n) is 10.3. The largest absolute Gasteiger partial charge is 0.493 e. The molecular weight excluding hydrogens is 519 g/mol. The fourth-order valence-electron chi connectivity index (χ4n) is 3.09. The summed E-state index contributed by atoms with van der Waals surface area (Å²) in [5.41, 5.74) is 4.36. The summed E-state index contributed by atoms with van der Waals surface area (Å²) < 4.78 is 11.1. The van der Waals surface area contributed by atoms with Gasteiger partial charge in [-0.2, -0.15) is 5.10 Å². The molecule has 0 aliphatic heterocycles. The average molecular weight is 550 g/mol. The van der Waals surface area contributed by atoms with Gasteiger partial charge in [-0.3, -0.25) is 10.1 Å². The minimum atomic E-state index is 0. The molecule has 0 unspecified atom stereocenters. The molecule has 3 N–H and O–H groups in total. The molecule has 8 nitrogen and oxygen atoms in total. The Morgan fingerprint density at radius 1 is 1.09 bits per heavy atom. The summed E-state index contributed by atoms with van der Waals surface area (Å²) in [5, 5.41) is 13.5. The zero-order chi connectivity index (χ0) is 21.9. The van der Waals surface area contributed by atoms with Gasteiger partial charge in [0, 0.05) is 51.4 Å². The molecule has 2 aromatic carbocycles. The fourth-order valence-corrected chi connectivity index (χ4v) is 3.09. The van der Waals surface area contributed by atoms with Gasteiger partial charge in [-0.25, -0.2) is 4.98 Å². The third-order valence-corrected chi connectivity index (χ3v) is 4.72. The second kappa shape index (κ2) is 13.7. The van der Waals surface area contributed by atoms with E-state index in [1.165, 1.54) is 11.9 Å². The van der Waals surface area contributed by atoms with E-state index in [0.29, 0.717) is 26.3 Å². The van der Waals surface area contributed by atoms with Crippen LogP contribution in [0.1, 0.15) is 23.1 Å². The van der Waals surface area contributed by atoms with Gasteiger partial charge in [0.25, 0.3) is 0 Å². The summed E-state index contributed by atoms with van der Waals surface area (Å²) in [6, 6.07) is 14.4. The van der Waals surface area contributed by atoms with Crippen LogP contribution >= 0.6 is 24.0 Å². The number of H-pyrrole nitrogens is 1. The number of aryl methyl sites for hydroxylation is 1. The van der Waals surface area contributed by atoms with Gasteiger partial charge in [0.15, 0.2) is 11.8 Å². The lowest BCUT2D eigenvalue weighted by atomic mass is 10.1. The van der Waals surface area contributed by atoms with Crippen molar-refractivity contribution in [2.75, 3.05) is 27.4 Å². The number of methoxy groups -OCH3 is 1. The molecular formula is C23H31IN6O2. The van der Waals surface area contributed by atoms with Crippen molar-refractivity contribution in [2.24, 2.45) is 4.99 Å². The number of rotatable bonds is 10. The van der Waals surface area contributed by atoms with Crippen molar-refractivity contribution in [3.05, 3.63) is 65.5 Å². The van der Waals surface area contributed by atoms with E-state index >= 15 is 0 Å². The Hall–Kier alpha value is -2.66. The van der Waals surface area contributed by atoms with E-state index in [2.05, 4.69) is 68.1 Å². The van der Waals surface area contributed by atoms with E-state index in [4.69, 9.17) is 9.47 Å². The molecule has 0 aliphatic rings. The van der Waals surface area contributed by atoms with Crippen molar-refractivity contribution in [2.45, 2.75) is 26.4 Å². The van der Waals surface area contributed by atoms with E-state index in [9.17, 15) is 0 Å². The van der Waals surface area contributed by atoms with Gasteiger partial charge in [-0.15, -0.1) is 24.0 Å². The number of nitrogens with one attached hydrogen (secondary N) is 3. The van der Waals surface area contributed by atoms with Gasteiger partial charge in [-0.1, -0.05) is 30.3 Å². The smallest absolute Gasteiger partial charge is 0.191 e. The van der Waals surface area contributed by atoms with Crippen molar-refractivity contribution < 1.29 is 9.47 Å². The second-order valence-electron chi connectivity index (χ2n) is 7.12. The molecule has 0 spiro atoms. The highest BCUT2D eigenvalue weighted by Gasteiger charge is 2.07. The molecule has 172 valence electrons.